The molecule has 1 aromatic carbocycles. The third-order valence-electron chi connectivity index (χ3n) is 3.59. The molecule has 0 fully saturated rings. The molecule has 0 radical (unpaired) electrons. The molecule has 1 nitrogen and oxygen atoms in total. The SMILES string of the molecule is CCCCCCC(Br)c1ccc2c(c1)CC(C)O2. The van der Waals surface area contributed by atoms with Crippen LogP contribution >= 0.6 is 15.9 Å². The lowest BCUT2D eigenvalue weighted by molar-refractivity contribution is 0.254. The Morgan fingerprint density at radius 1 is 1.33 bits per heavy atom. The van der Waals surface area contributed by atoms with E-state index in [0.29, 0.717) is 10.9 Å². The van der Waals surface area contributed by atoms with E-state index in [-0.39, 0.29) is 0 Å². The van der Waals surface area contributed by atoms with Gasteiger partial charge < -0.3 is 4.74 Å². The highest BCUT2D eigenvalue weighted by atomic mass is 79.9. The minimum Gasteiger partial charge on any atom is -0.490 e. The largest absolute Gasteiger partial charge is 0.490 e. The third-order valence-corrected chi connectivity index (χ3v) is 4.58. The van der Waals surface area contributed by atoms with E-state index in [1.54, 1.807) is 0 Å². The highest BCUT2D eigenvalue weighted by Gasteiger charge is 2.20. The maximum Gasteiger partial charge on any atom is 0.123 e. The van der Waals surface area contributed by atoms with E-state index in [2.05, 4.69) is 48.0 Å². The van der Waals surface area contributed by atoms with Gasteiger partial charge in [-0.15, -0.1) is 0 Å². The van der Waals surface area contributed by atoms with E-state index in [0.717, 1.165) is 12.2 Å². The van der Waals surface area contributed by atoms with Crippen LogP contribution in [0.1, 0.15) is 61.9 Å². The molecular weight excluding hydrogens is 288 g/mol. The van der Waals surface area contributed by atoms with Crippen molar-refractivity contribution in [3.63, 3.8) is 0 Å². The van der Waals surface area contributed by atoms with Gasteiger partial charge in [-0.2, -0.15) is 0 Å². The summed E-state index contributed by atoms with van der Waals surface area (Å²) >= 11 is 3.82. The monoisotopic (exact) mass is 310 g/mol. The van der Waals surface area contributed by atoms with Crippen LogP contribution in [0.2, 0.25) is 0 Å². The number of unbranched alkanes of at least 4 members (excludes halogenated alkanes) is 3. The normalized spacial score (nSPS) is 19.4. The van der Waals surface area contributed by atoms with Gasteiger partial charge in [0.15, 0.2) is 0 Å². The molecule has 0 aromatic heterocycles. The number of ether oxygens (including phenoxy) is 1. The van der Waals surface area contributed by atoms with Crippen molar-refractivity contribution in [2.24, 2.45) is 0 Å². The summed E-state index contributed by atoms with van der Waals surface area (Å²) in [5, 5.41) is 0. The van der Waals surface area contributed by atoms with Gasteiger partial charge in [0.1, 0.15) is 11.9 Å². The molecule has 100 valence electrons. The van der Waals surface area contributed by atoms with E-state index in [1.807, 2.05) is 0 Å². The van der Waals surface area contributed by atoms with Gasteiger partial charge in [0.2, 0.25) is 0 Å². The van der Waals surface area contributed by atoms with Crippen molar-refractivity contribution in [2.45, 2.75) is 63.3 Å². The van der Waals surface area contributed by atoms with Crippen LogP contribution in [-0.2, 0) is 6.42 Å². The predicted octanol–water partition coefficient (Wildman–Crippen LogP) is 5.42. The number of halogens is 1. The topological polar surface area (TPSA) is 9.23 Å². The Labute approximate surface area is 119 Å². The quantitative estimate of drug-likeness (QED) is 0.504. The van der Waals surface area contributed by atoms with Gasteiger partial charge in [0.05, 0.1) is 0 Å². The van der Waals surface area contributed by atoms with Crippen molar-refractivity contribution < 1.29 is 4.74 Å². The summed E-state index contributed by atoms with van der Waals surface area (Å²) in [5.41, 5.74) is 2.78. The Balaban J connectivity index is 1.91. The minimum atomic E-state index is 0.341. The van der Waals surface area contributed by atoms with Gasteiger partial charge in [-0.05, 0) is 30.5 Å². The Kier molecular flexibility index (Phi) is 5.11. The van der Waals surface area contributed by atoms with Gasteiger partial charge in [-0.3, -0.25) is 0 Å². The molecule has 2 unspecified atom stereocenters. The Hall–Kier alpha value is -0.500. The van der Waals surface area contributed by atoms with Gasteiger partial charge in [-0.1, -0.05) is 60.7 Å². The zero-order chi connectivity index (χ0) is 13.0. The van der Waals surface area contributed by atoms with Crippen LogP contribution < -0.4 is 4.74 Å². The van der Waals surface area contributed by atoms with Crippen molar-refractivity contribution in [2.75, 3.05) is 0 Å². The van der Waals surface area contributed by atoms with Crippen LogP contribution in [-0.4, -0.2) is 6.10 Å². The average molecular weight is 311 g/mol. The van der Waals surface area contributed by atoms with E-state index in [1.165, 1.54) is 43.2 Å². The van der Waals surface area contributed by atoms with Crippen molar-refractivity contribution in [1.82, 2.24) is 0 Å². The molecule has 18 heavy (non-hydrogen) atoms. The van der Waals surface area contributed by atoms with E-state index < -0.39 is 0 Å². The van der Waals surface area contributed by atoms with Crippen LogP contribution in [0.25, 0.3) is 0 Å². The Morgan fingerprint density at radius 3 is 2.94 bits per heavy atom. The summed E-state index contributed by atoms with van der Waals surface area (Å²) in [6.07, 6.45) is 7.95. The standard InChI is InChI=1S/C16H23BrO/c1-3-4-5-6-7-15(17)13-8-9-16-14(11-13)10-12(2)18-16/h8-9,11-12,15H,3-7,10H2,1-2H3. The number of hydrogen-bond acceptors (Lipinski definition) is 1. The van der Waals surface area contributed by atoms with Crippen molar-refractivity contribution in [3.05, 3.63) is 29.3 Å². The fraction of sp³-hybridized carbons (Fsp3) is 0.625. The Morgan fingerprint density at radius 2 is 2.17 bits per heavy atom. The predicted molar refractivity (Wildman–Crippen MR) is 80.7 cm³/mol. The van der Waals surface area contributed by atoms with Crippen LogP contribution in [0, 0.1) is 0 Å². The van der Waals surface area contributed by atoms with Crippen LogP contribution in [0.5, 0.6) is 5.75 Å². The molecule has 2 atom stereocenters. The fourth-order valence-corrected chi connectivity index (χ4v) is 3.16. The number of alkyl halides is 1. The average Bonchev–Trinajstić information content (AvgIpc) is 2.73. The maximum absolute atomic E-state index is 5.74. The molecule has 2 rings (SSSR count). The molecule has 0 spiro atoms. The number of rotatable bonds is 6. The smallest absolute Gasteiger partial charge is 0.123 e. The summed E-state index contributed by atoms with van der Waals surface area (Å²) in [6, 6.07) is 6.66. The fourth-order valence-electron chi connectivity index (χ4n) is 2.55. The molecule has 0 saturated carbocycles. The molecule has 1 aliphatic heterocycles. The highest BCUT2D eigenvalue weighted by molar-refractivity contribution is 9.09. The van der Waals surface area contributed by atoms with Gasteiger partial charge in [-0.25, -0.2) is 0 Å². The third kappa shape index (κ3) is 3.50. The van der Waals surface area contributed by atoms with Crippen LogP contribution in [0.3, 0.4) is 0 Å². The van der Waals surface area contributed by atoms with E-state index in [4.69, 9.17) is 4.74 Å². The second-order valence-electron chi connectivity index (χ2n) is 5.32. The maximum atomic E-state index is 5.74. The molecule has 1 aliphatic rings. The molecule has 2 heteroatoms. The van der Waals surface area contributed by atoms with E-state index >= 15 is 0 Å². The molecule has 1 heterocycles. The Bertz CT molecular complexity index is 389. The molecule has 0 saturated heterocycles. The van der Waals surface area contributed by atoms with E-state index in [9.17, 15) is 0 Å². The first-order chi connectivity index (χ1) is 8.70. The van der Waals surface area contributed by atoms with Crippen molar-refractivity contribution >= 4 is 15.9 Å². The van der Waals surface area contributed by atoms with Crippen LogP contribution in [0.4, 0.5) is 0 Å². The van der Waals surface area contributed by atoms with Crippen molar-refractivity contribution in [3.8, 4) is 5.75 Å². The summed E-state index contributed by atoms with van der Waals surface area (Å²) in [4.78, 5) is 0.496. The second-order valence-corrected chi connectivity index (χ2v) is 6.42. The molecule has 1 aromatic rings. The summed E-state index contributed by atoms with van der Waals surface area (Å²) in [6.45, 7) is 4.39. The molecule has 0 amide bonds. The highest BCUT2D eigenvalue weighted by Crippen LogP contribution is 2.35. The lowest BCUT2D eigenvalue weighted by Crippen LogP contribution is -2.05. The lowest BCUT2D eigenvalue weighted by atomic mass is 10.0. The summed E-state index contributed by atoms with van der Waals surface area (Å²) in [7, 11) is 0. The second kappa shape index (κ2) is 6.60. The summed E-state index contributed by atoms with van der Waals surface area (Å²) < 4.78 is 5.74. The van der Waals surface area contributed by atoms with Gasteiger partial charge in [0, 0.05) is 11.2 Å². The number of benzene rings is 1. The summed E-state index contributed by atoms with van der Waals surface area (Å²) in [5.74, 6) is 1.08. The molecule has 0 aliphatic carbocycles. The van der Waals surface area contributed by atoms with Gasteiger partial charge in [0.25, 0.3) is 0 Å². The zero-order valence-electron chi connectivity index (χ0n) is 11.4. The molecular formula is C16H23BrO. The number of hydrogen-bond donors (Lipinski definition) is 0. The van der Waals surface area contributed by atoms with Crippen molar-refractivity contribution in [1.29, 1.82) is 0 Å². The molecule has 0 bridgehead atoms. The minimum absolute atomic E-state index is 0.341. The zero-order valence-corrected chi connectivity index (χ0v) is 13.0. The lowest BCUT2D eigenvalue weighted by Gasteiger charge is -2.11. The van der Waals surface area contributed by atoms with Gasteiger partial charge >= 0.3 is 0 Å². The number of fused-ring (bicyclic) bond motifs is 1. The first-order valence-corrected chi connectivity index (χ1v) is 8.05. The van der Waals surface area contributed by atoms with Crippen LogP contribution in [0.15, 0.2) is 18.2 Å². The first kappa shape index (κ1) is 13.9. The first-order valence-electron chi connectivity index (χ1n) is 7.14. The molecule has 0 N–H and O–H groups in total.